The predicted octanol–water partition coefficient (Wildman–Crippen LogP) is 3.68. The summed E-state index contributed by atoms with van der Waals surface area (Å²) in [5.41, 5.74) is 3.53. The van der Waals surface area contributed by atoms with E-state index in [1.54, 1.807) is 6.92 Å². The van der Waals surface area contributed by atoms with Gasteiger partial charge in [0.25, 0.3) is 5.91 Å². The predicted molar refractivity (Wildman–Crippen MR) is 101 cm³/mol. The van der Waals surface area contributed by atoms with Gasteiger partial charge in [-0.15, -0.1) is 0 Å². The molecule has 0 bridgehead atoms. The van der Waals surface area contributed by atoms with Gasteiger partial charge in [0.1, 0.15) is 5.75 Å². The van der Waals surface area contributed by atoms with Gasteiger partial charge in [0, 0.05) is 25.3 Å². The molecular formula is C21H26N2O2. The second-order valence-corrected chi connectivity index (χ2v) is 6.65. The van der Waals surface area contributed by atoms with Gasteiger partial charge < -0.3 is 15.0 Å². The number of rotatable bonds is 6. The monoisotopic (exact) mass is 338 g/mol. The molecule has 0 aromatic heterocycles. The van der Waals surface area contributed by atoms with Crippen LogP contribution in [0, 0.1) is 6.92 Å². The van der Waals surface area contributed by atoms with Crippen LogP contribution < -0.4 is 15.0 Å². The van der Waals surface area contributed by atoms with Gasteiger partial charge in [-0.1, -0.05) is 29.8 Å². The smallest absolute Gasteiger partial charge is 0.261 e. The lowest BCUT2D eigenvalue weighted by atomic mass is 10.2. The zero-order valence-corrected chi connectivity index (χ0v) is 15.0. The fraction of sp³-hybridized carbons (Fsp3) is 0.381. The molecule has 25 heavy (non-hydrogen) atoms. The largest absolute Gasteiger partial charge is 0.481 e. The van der Waals surface area contributed by atoms with Gasteiger partial charge in [0.05, 0.1) is 0 Å². The summed E-state index contributed by atoms with van der Waals surface area (Å²) in [5, 5.41) is 2.94. The molecule has 1 saturated heterocycles. The van der Waals surface area contributed by atoms with Crippen LogP contribution in [0.4, 0.5) is 5.69 Å². The van der Waals surface area contributed by atoms with Crippen molar-refractivity contribution in [2.24, 2.45) is 0 Å². The maximum Gasteiger partial charge on any atom is 0.261 e. The van der Waals surface area contributed by atoms with Crippen molar-refractivity contribution in [2.75, 3.05) is 18.0 Å². The summed E-state index contributed by atoms with van der Waals surface area (Å²) in [6.07, 6.45) is 2.03. The van der Waals surface area contributed by atoms with E-state index in [1.165, 1.54) is 24.1 Å². The molecule has 4 heteroatoms. The lowest BCUT2D eigenvalue weighted by Crippen LogP contribution is -2.35. The van der Waals surface area contributed by atoms with Crippen molar-refractivity contribution in [2.45, 2.75) is 39.3 Å². The number of hydrogen-bond donors (Lipinski definition) is 1. The molecule has 1 heterocycles. The Morgan fingerprint density at radius 1 is 1.08 bits per heavy atom. The average Bonchev–Trinajstić information content (AvgIpc) is 3.16. The van der Waals surface area contributed by atoms with Gasteiger partial charge in [-0.3, -0.25) is 4.79 Å². The van der Waals surface area contributed by atoms with Crippen LogP contribution in [0.1, 0.15) is 30.9 Å². The first-order valence-electron chi connectivity index (χ1n) is 8.97. The molecular weight excluding hydrogens is 312 g/mol. The highest BCUT2D eigenvalue weighted by Crippen LogP contribution is 2.20. The fourth-order valence-corrected chi connectivity index (χ4v) is 3.01. The summed E-state index contributed by atoms with van der Waals surface area (Å²) in [6.45, 7) is 6.59. The number of nitrogens with zero attached hydrogens (tertiary/aromatic N) is 1. The van der Waals surface area contributed by atoms with Crippen LogP contribution in [0.25, 0.3) is 0 Å². The molecule has 1 atom stereocenters. The van der Waals surface area contributed by atoms with E-state index in [-0.39, 0.29) is 5.91 Å². The maximum atomic E-state index is 12.2. The quantitative estimate of drug-likeness (QED) is 0.873. The Balaban J connectivity index is 1.48. The van der Waals surface area contributed by atoms with Crippen molar-refractivity contribution >= 4 is 11.6 Å². The third-order valence-corrected chi connectivity index (χ3v) is 4.58. The van der Waals surface area contributed by atoms with Crippen molar-refractivity contribution in [1.29, 1.82) is 0 Å². The lowest BCUT2D eigenvalue weighted by molar-refractivity contribution is -0.127. The molecule has 1 aliphatic rings. The van der Waals surface area contributed by atoms with Crippen molar-refractivity contribution in [3.8, 4) is 5.75 Å². The van der Waals surface area contributed by atoms with E-state index < -0.39 is 6.10 Å². The number of anilines is 1. The van der Waals surface area contributed by atoms with Gasteiger partial charge in [-0.25, -0.2) is 0 Å². The summed E-state index contributed by atoms with van der Waals surface area (Å²) in [6, 6.07) is 16.2. The average molecular weight is 338 g/mol. The summed E-state index contributed by atoms with van der Waals surface area (Å²) < 4.78 is 5.69. The van der Waals surface area contributed by atoms with Crippen molar-refractivity contribution in [3.63, 3.8) is 0 Å². The molecule has 0 unspecified atom stereocenters. The van der Waals surface area contributed by atoms with E-state index in [0.717, 1.165) is 18.7 Å². The molecule has 2 aromatic carbocycles. The van der Waals surface area contributed by atoms with Gasteiger partial charge in [0.15, 0.2) is 6.10 Å². The normalized spacial score (nSPS) is 15.0. The molecule has 1 fully saturated rings. The summed E-state index contributed by atoms with van der Waals surface area (Å²) in [7, 11) is 0. The first-order valence-corrected chi connectivity index (χ1v) is 8.97. The molecule has 0 radical (unpaired) electrons. The van der Waals surface area contributed by atoms with Crippen LogP contribution >= 0.6 is 0 Å². The molecule has 0 saturated carbocycles. The highest BCUT2D eigenvalue weighted by Gasteiger charge is 2.15. The third-order valence-electron chi connectivity index (χ3n) is 4.58. The van der Waals surface area contributed by atoms with Gasteiger partial charge >= 0.3 is 0 Å². The number of aryl methyl sites for hydroxylation is 1. The Kier molecular flexibility index (Phi) is 5.59. The highest BCUT2D eigenvalue weighted by atomic mass is 16.5. The number of benzene rings is 2. The minimum atomic E-state index is -0.522. The number of hydrogen-bond acceptors (Lipinski definition) is 3. The number of carbonyl (C=O) groups excluding carboxylic acids is 1. The zero-order valence-electron chi connectivity index (χ0n) is 15.0. The topological polar surface area (TPSA) is 41.6 Å². The standard InChI is InChI=1S/C21H26N2O2/c1-16-5-11-20(12-6-16)25-17(2)21(24)22-15-18-7-9-19(10-8-18)23-13-3-4-14-23/h5-12,17H,3-4,13-15H2,1-2H3,(H,22,24)/t17-/m0/s1. The molecule has 132 valence electrons. The van der Waals surface area contributed by atoms with Crippen LogP contribution in [-0.2, 0) is 11.3 Å². The highest BCUT2D eigenvalue weighted by molar-refractivity contribution is 5.80. The Bertz CT molecular complexity index is 689. The molecule has 2 aromatic rings. The number of carbonyl (C=O) groups is 1. The number of ether oxygens (including phenoxy) is 1. The van der Waals surface area contributed by atoms with E-state index in [9.17, 15) is 4.79 Å². The number of amides is 1. The molecule has 1 amide bonds. The Hall–Kier alpha value is -2.49. The molecule has 4 nitrogen and oxygen atoms in total. The van der Waals surface area contributed by atoms with E-state index >= 15 is 0 Å². The van der Waals surface area contributed by atoms with Crippen molar-refractivity contribution < 1.29 is 9.53 Å². The van der Waals surface area contributed by atoms with E-state index in [1.807, 2.05) is 31.2 Å². The number of nitrogens with one attached hydrogen (secondary N) is 1. The van der Waals surface area contributed by atoms with Crippen LogP contribution in [0.15, 0.2) is 48.5 Å². The molecule has 1 N–H and O–H groups in total. The van der Waals surface area contributed by atoms with Gasteiger partial charge in [-0.05, 0) is 56.5 Å². The lowest BCUT2D eigenvalue weighted by Gasteiger charge is -2.18. The van der Waals surface area contributed by atoms with Crippen molar-refractivity contribution in [3.05, 3.63) is 59.7 Å². The van der Waals surface area contributed by atoms with Crippen LogP contribution in [0.2, 0.25) is 0 Å². The van der Waals surface area contributed by atoms with Crippen LogP contribution in [0.5, 0.6) is 5.75 Å². The minimum Gasteiger partial charge on any atom is -0.481 e. The first-order chi connectivity index (χ1) is 12.1. The molecule has 0 aliphatic carbocycles. The molecule has 0 spiro atoms. The summed E-state index contributed by atoms with van der Waals surface area (Å²) >= 11 is 0. The maximum absolute atomic E-state index is 12.2. The van der Waals surface area contributed by atoms with Gasteiger partial charge in [0.2, 0.25) is 0 Å². The first kappa shape index (κ1) is 17.3. The van der Waals surface area contributed by atoms with E-state index in [2.05, 4.69) is 34.5 Å². The molecule has 3 rings (SSSR count). The Morgan fingerprint density at radius 2 is 1.72 bits per heavy atom. The van der Waals surface area contributed by atoms with E-state index in [0.29, 0.717) is 12.3 Å². The molecule has 1 aliphatic heterocycles. The van der Waals surface area contributed by atoms with Crippen LogP contribution in [0.3, 0.4) is 0 Å². The summed E-state index contributed by atoms with van der Waals surface area (Å²) in [4.78, 5) is 14.6. The van der Waals surface area contributed by atoms with Gasteiger partial charge in [-0.2, -0.15) is 0 Å². The van der Waals surface area contributed by atoms with Crippen molar-refractivity contribution in [1.82, 2.24) is 5.32 Å². The van der Waals surface area contributed by atoms with Crippen LogP contribution in [-0.4, -0.2) is 25.1 Å². The SMILES string of the molecule is Cc1ccc(O[C@@H](C)C(=O)NCc2ccc(N3CCCC3)cc2)cc1. The third kappa shape index (κ3) is 4.75. The minimum absolute atomic E-state index is 0.107. The summed E-state index contributed by atoms with van der Waals surface area (Å²) in [5.74, 6) is 0.604. The zero-order chi connectivity index (χ0) is 17.6. The second-order valence-electron chi connectivity index (χ2n) is 6.65. The Labute approximate surface area is 149 Å². The Morgan fingerprint density at radius 3 is 2.36 bits per heavy atom. The fourth-order valence-electron chi connectivity index (χ4n) is 3.01. The second kappa shape index (κ2) is 8.06. The van der Waals surface area contributed by atoms with E-state index in [4.69, 9.17) is 4.74 Å².